The highest BCUT2D eigenvalue weighted by molar-refractivity contribution is 6.00. The summed E-state index contributed by atoms with van der Waals surface area (Å²) in [6.07, 6.45) is -0.0935. The smallest absolute Gasteiger partial charge is 0.342 e. The van der Waals surface area contributed by atoms with Gasteiger partial charge < -0.3 is 20.2 Å². The van der Waals surface area contributed by atoms with E-state index in [1.807, 2.05) is 0 Å². The van der Waals surface area contributed by atoms with Crippen LogP contribution in [0.25, 0.3) is 0 Å². The van der Waals surface area contributed by atoms with Crippen molar-refractivity contribution in [2.24, 2.45) is 5.73 Å². The molecule has 1 atom stereocenters. The van der Waals surface area contributed by atoms with Crippen molar-refractivity contribution in [2.45, 2.75) is 20.0 Å². The van der Waals surface area contributed by atoms with E-state index in [-0.39, 0.29) is 17.1 Å². The van der Waals surface area contributed by atoms with Gasteiger partial charge in [-0.25, -0.2) is 4.79 Å². The molecule has 1 heterocycles. The predicted molar refractivity (Wildman–Crippen MR) is 87.2 cm³/mol. The monoisotopic (exact) mass is 344 g/mol. The van der Waals surface area contributed by atoms with Crippen LogP contribution in [0.15, 0.2) is 41.0 Å². The first-order valence-electron chi connectivity index (χ1n) is 7.29. The Morgan fingerprint density at radius 3 is 2.48 bits per heavy atom. The summed E-state index contributed by atoms with van der Waals surface area (Å²) in [4.78, 5) is 46.3. The molecule has 0 aliphatic rings. The van der Waals surface area contributed by atoms with Crippen LogP contribution in [0.4, 0.5) is 5.69 Å². The molecule has 2 aromatic rings. The lowest BCUT2D eigenvalue weighted by Crippen LogP contribution is -2.30. The molecule has 1 aromatic carbocycles. The number of primary amides is 1. The summed E-state index contributed by atoms with van der Waals surface area (Å²) >= 11 is 0. The highest BCUT2D eigenvalue weighted by Gasteiger charge is 2.21. The van der Waals surface area contributed by atoms with Gasteiger partial charge in [-0.2, -0.15) is 0 Å². The fourth-order valence-electron chi connectivity index (χ4n) is 1.91. The highest BCUT2D eigenvalue weighted by Crippen LogP contribution is 2.13. The summed E-state index contributed by atoms with van der Waals surface area (Å²) < 4.78 is 9.82. The van der Waals surface area contributed by atoms with E-state index >= 15 is 0 Å². The lowest BCUT2D eigenvalue weighted by molar-refractivity contribution is -0.123. The van der Waals surface area contributed by atoms with Gasteiger partial charge >= 0.3 is 5.97 Å². The van der Waals surface area contributed by atoms with Gasteiger partial charge in [0.25, 0.3) is 11.8 Å². The van der Waals surface area contributed by atoms with Gasteiger partial charge in [0.05, 0.1) is 5.56 Å². The molecule has 0 aliphatic heterocycles. The number of anilines is 1. The maximum absolute atomic E-state index is 12.1. The second-order valence-electron chi connectivity index (χ2n) is 5.24. The first-order valence-corrected chi connectivity index (χ1v) is 7.29. The van der Waals surface area contributed by atoms with Crippen LogP contribution in [0, 0.1) is 0 Å². The quantitative estimate of drug-likeness (QED) is 0.607. The Kier molecular flexibility index (Phi) is 5.33. The van der Waals surface area contributed by atoms with Crippen LogP contribution in [-0.2, 0) is 9.53 Å². The standard InChI is InChI=1S/C17H16N2O6/c1-9(20)11-4-3-5-13(6-11)19-16(22)10(2)25-17(23)12-7-14(15(18)21)24-8-12/h3-8,10H,1-2H3,(H2,18,21)(H,19,22). The number of Topliss-reactive ketones (excluding diaryl/α,β-unsaturated/α-hetero) is 1. The van der Waals surface area contributed by atoms with Gasteiger partial charge in [-0.15, -0.1) is 0 Å². The van der Waals surface area contributed by atoms with Gasteiger partial charge in [0, 0.05) is 17.3 Å². The summed E-state index contributed by atoms with van der Waals surface area (Å²) in [6.45, 7) is 2.80. The summed E-state index contributed by atoms with van der Waals surface area (Å²) in [6, 6.07) is 7.50. The zero-order valence-corrected chi connectivity index (χ0v) is 13.6. The Hall–Kier alpha value is -3.42. The van der Waals surface area contributed by atoms with E-state index in [0.717, 1.165) is 12.3 Å². The highest BCUT2D eigenvalue weighted by atomic mass is 16.5. The predicted octanol–water partition coefficient (Wildman–Crippen LogP) is 1.77. The number of ketones is 1. The third-order valence-electron chi connectivity index (χ3n) is 3.27. The first-order chi connectivity index (χ1) is 11.8. The molecular formula is C17H16N2O6. The van der Waals surface area contributed by atoms with Crippen LogP contribution in [0.3, 0.4) is 0 Å². The van der Waals surface area contributed by atoms with Crippen molar-refractivity contribution >= 4 is 29.3 Å². The molecule has 0 saturated heterocycles. The van der Waals surface area contributed by atoms with Crippen LogP contribution in [0.1, 0.15) is 45.1 Å². The van der Waals surface area contributed by atoms with E-state index in [9.17, 15) is 19.2 Å². The van der Waals surface area contributed by atoms with E-state index in [2.05, 4.69) is 5.32 Å². The number of amides is 2. The summed E-state index contributed by atoms with van der Waals surface area (Å²) in [5, 5.41) is 2.55. The molecule has 0 radical (unpaired) electrons. The molecule has 2 rings (SSSR count). The van der Waals surface area contributed by atoms with Gasteiger partial charge in [0.15, 0.2) is 17.6 Å². The average Bonchev–Trinajstić information content (AvgIpc) is 3.05. The lowest BCUT2D eigenvalue weighted by Gasteiger charge is -2.13. The molecule has 0 fully saturated rings. The van der Waals surface area contributed by atoms with Crippen LogP contribution in [0.2, 0.25) is 0 Å². The maximum Gasteiger partial charge on any atom is 0.342 e. The molecule has 0 bridgehead atoms. The SMILES string of the molecule is CC(=O)c1cccc(NC(=O)C(C)OC(=O)c2coc(C(N)=O)c2)c1. The number of nitrogens with two attached hydrogens (primary N) is 1. The molecule has 0 aliphatic carbocycles. The second kappa shape index (κ2) is 7.43. The van der Waals surface area contributed by atoms with E-state index in [0.29, 0.717) is 11.3 Å². The summed E-state index contributed by atoms with van der Waals surface area (Å²) in [5.41, 5.74) is 5.83. The van der Waals surface area contributed by atoms with Crippen molar-refractivity contribution in [3.8, 4) is 0 Å². The minimum absolute atomic E-state index is 0.0352. The van der Waals surface area contributed by atoms with Crippen LogP contribution < -0.4 is 11.1 Å². The average molecular weight is 344 g/mol. The third kappa shape index (κ3) is 4.54. The van der Waals surface area contributed by atoms with Gasteiger partial charge in [-0.1, -0.05) is 12.1 Å². The first kappa shape index (κ1) is 17.9. The lowest BCUT2D eigenvalue weighted by atomic mass is 10.1. The number of carbonyl (C=O) groups is 4. The van der Waals surface area contributed by atoms with Crippen LogP contribution >= 0.6 is 0 Å². The Morgan fingerprint density at radius 1 is 1.16 bits per heavy atom. The Labute approximate surface area is 142 Å². The number of esters is 1. The summed E-state index contributed by atoms with van der Waals surface area (Å²) in [7, 11) is 0. The second-order valence-corrected chi connectivity index (χ2v) is 5.24. The van der Waals surface area contributed by atoms with Gasteiger partial charge in [0.1, 0.15) is 6.26 Å². The van der Waals surface area contributed by atoms with Crippen molar-refractivity contribution in [1.29, 1.82) is 0 Å². The summed E-state index contributed by atoms with van der Waals surface area (Å²) in [5.74, 6) is -2.56. The normalized spacial score (nSPS) is 11.4. The van der Waals surface area contributed by atoms with Gasteiger partial charge in [-0.05, 0) is 26.0 Å². The Morgan fingerprint density at radius 2 is 1.88 bits per heavy atom. The number of hydrogen-bond acceptors (Lipinski definition) is 6. The number of benzene rings is 1. The van der Waals surface area contributed by atoms with Crippen LogP contribution in [-0.4, -0.2) is 29.7 Å². The van der Waals surface area contributed by atoms with E-state index in [1.54, 1.807) is 18.2 Å². The fourth-order valence-corrected chi connectivity index (χ4v) is 1.91. The molecule has 3 N–H and O–H groups in total. The van der Waals surface area contributed by atoms with Crippen molar-refractivity contribution < 1.29 is 28.3 Å². The van der Waals surface area contributed by atoms with Crippen molar-refractivity contribution in [1.82, 2.24) is 0 Å². The molecule has 8 heteroatoms. The topological polar surface area (TPSA) is 129 Å². The Balaban J connectivity index is 1.99. The molecule has 0 spiro atoms. The van der Waals surface area contributed by atoms with Crippen LogP contribution in [0.5, 0.6) is 0 Å². The van der Waals surface area contributed by atoms with Crippen molar-refractivity contribution in [3.05, 3.63) is 53.5 Å². The molecule has 25 heavy (non-hydrogen) atoms. The number of nitrogens with one attached hydrogen (secondary N) is 1. The van der Waals surface area contributed by atoms with E-state index in [4.69, 9.17) is 14.9 Å². The fraction of sp³-hybridized carbons (Fsp3) is 0.176. The maximum atomic E-state index is 12.1. The molecule has 0 saturated carbocycles. The van der Waals surface area contributed by atoms with Gasteiger partial charge in [-0.3, -0.25) is 14.4 Å². The molecule has 130 valence electrons. The largest absolute Gasteiger partial charge is 0.458 e. The number of ether oxygens (including phenoxy) is 1. The van der Waals surface area contributed by atoms with Crippen molar-refractivity contribution in [2.75, 3.05) is 5.32 Å². The molecule has 1 unspecified atom stereocenters. The minimum atomic E-state index is -1.11. The number of carbonyl (C=O) groups excluding carboxylic acids is 4. The molecule has 2 amide bonds. The number of furan rings is 1. The molecule has 1 aromatic heterocycles. The molecule has 8 nitrogen and oxygen atoms in total. The van der Waals surface area contributed by atoms with Gasteiger partial charge in [0.2, 0.25) is 0 Å². The van der Waals surface area contributed by atoms with E-state index in [1.165, 1.54) is 19.9 Å². The van der Waals surface area contributed by atoms with Crippen molar-refractivity contribution in [3.63, 3.8) is 0 Å². The number of hydrogen-bond donors (Lipinski definition) is 2. The molecular weight excluding hydrogens is 328 g/mol. The van der Waals surface area contributed by atoms with E-state index < -0.39 is 23.9 Å². The number of rotatable bonds is 6. The zero-order chi connectivity index (χ0) is 18.6. The minimum Gasteiger partial charge on any atom is -0.458 e. The third-order valence-corrected chi connectivity index (χ3v) is 3.27. The Bertz CT molecular complexity index is 839. The zero-order valence-electron chi connectivity index (χ0n) is 13.6.